The van der Waals surface area contributed by atoms with Gasteiger partial charge in [-0.3, -0.25) is 0 Å². The van der Waals surface area contributed by atoms with Crippen molar-refractivity contribution >= 4 is 29.4 Å². The van der Waals surface area contributed by atoms with Gasteiger partial charge >= 0.3 is 0 Å². The average Bonchev–Trinajstić information content (AvgIpc) is 2.68. The number of primary sulfonamides is 1. The van der Waals surface area contributed by atoms with Gasteiger partial charge in [-0.1, -0.05) is 93.6 Å². The van der Waals surface area contributed by atoms with Crippen LogP contribution in [0.5, 0.6) is 0 Å². The van der Waals surface area contributed by atoms with E-state index in [9.17, 15) is 8.42 Å². The maximum atomic E-state index is 11.6. The van der Waals surface area contributed by atoms with Crippen molar-refractivity contribution in [3.63, 3.8) is 0 Å². The van der Waals surface area contributed by atoms with Crippen LogP contribution in [0.4, 0.5) is 0 Å². The van der Waals surface area contributed by atoms with Crippen LogP contribution in [0.25, 0.3) is 0 Å². The molecule has 0 amide bonds. The highest BCUT2D eigenvalue weighted by Crippen LogP contribution is 2.36. The van der Waals surface area contributed by atoms with E-state index in [4.69, 9.17) is 9.56 Å². The summed E-state index contributed by atoms with van der Waals surface area (Å²) in [6, 6.07) is 27.3. The number of rotatable bonds is 6. The molecule has 2 N–H and O–H groups in total. The second kappa shape index (κ2) is 8.63. The fraction of sp³-hybridized carbons (Fsp3) is 0.217. The molecule has 3 aromatic carbocycles. The Morgan fingerprint density at radius 2 is 1.24 bits per heavy atom. The molecule has 1 atom stereocenters. The Morgan fingerprint density at radius 1 is 0.793 bits per heavy atom. The summed E-state index contributed by atoms with van der Waals surface area (Å²) in [5, 5.41) is 7.66. The zero-order valence-electron chi connectivity index (χ0n) is 16.9. The monoisotopic (exact) mass is 425 g/mol. The van der Waals surface area contributed by atoms with E-state index in [1.165, 1.54) is 10.4 Å². The van der Waals surface area contributed by atoms with Crippen molar-refractivity contribution < 1.29 is 12.8 Å². The van der Waals surface area contributed by atoms with Gasteiger partial charge in [0.15, 0.2) is 0 Å². The first-order chi connectivity index (χ1) is 13.7. The van der Waals surface area contributed by atoms with Crippen molar-refractivity contribution in [1.82, 2.24) is 0 Å². The third-order valence-electron chi connectivity index (χ3n) is 4.77. The fourth-order valence-corrected chi connectivity index (χ4v) is 6.55. The van der Waals surface area contributed by atoms with Gasteiger partial charge in [0.2, 0.25) is 19.1 Å². The molecular formula is C23H27NO3SSi. The molecule has 3 rings (SSSR count). The Labute approximate surface area is 175 Å². The maximum absolute atomic E-state index is 11.6. The van der Waals surface area contributed by atoms with Crippen molar-refractivity contribution in [2.24, 2.45) is 10.6 Å². The fourth-order valence-electron chi connectivity index (χ4n) is 3.36. The van der Waals surface area contributed by atoms with Crippen molar-refractivity contribution in [1.29, 1.82) is 0 Å². The highest BCUT2D eigenvalue weighted by molar-refractivity contribution is 7.89. The normalized spacial score (nSPS) is 13.4. The molecule has 0 aliphatic carbocycles. The Bertz CT molecular complexity index is 991. The van der Waals surface area contributed by atoms with Crippen molar-refractivity contribution in [2.45, 2.75) is 31.8 Å². The molecule has 4 nitrogen and oxygen atoms in total. The molecule has 0 saturated heterocycles. The Hall–Kier alpha value is -2.25. The number of benzene rings is 3. The lowest BCUT2D eigenvalue weighted by Crippen LogP contribution is -2.47. The molecule has 0 bridgehead atoms. The summed E-state index contributed by atoms with van der Waals surface area (Å²) in [5.74, 6) is 0. The SMILES string of the molecule is CC(C)(C)C(O[SiH](c1ccccc1)c1ccccc1)c1ccc(S(N)(=O)=O)cc1. The molecule has 29 heavy (non-hydrogen) atoms. The van der Waals surface area contributed by atoms with Crippen molar-refractivity contribution in [3.05, 3.63) is 90.5 Å². The number of nitrogens with two attached hydrogens (primary N) is 1. The van der Waals surface area contributed by atoms with Crippen molar-refractivity contribution in [2.75, 3.05) is 0 Å². The number of sulfonamides is 1. The lowest BCUT2D eigenvalue weighted by molar-refractivity contribution is 0.0896. The predicted molar refractivity (Wildman–Crippen MR) is 120 cm³/mol. The van der Waals surface area contributed by atoms with E-state index in [0.717, 1.165) is 5.56 Å². The maximum Gasteiger partial charge on any atom is 0.240 e. The molecule has 0 aliphatic rings. The van der Waals surface area contributed by atoms with Crippen LogP contribution in [0.3, 0.4) is 0 Å². The number of hydrogen-bond donors (Lipinski definition) is 1. The first-order valence-corrected chi connectivity index (χ1v) is 12.7. The lowest BCUT2D eigenvalue weighted by atomic mass is 9.85. The smallest absolute Gasteiger partial charge is 0.240 e. The molecule has 0 fully saturated rings. The topological polar surface area (TPSA) is 69.4 Å². The predicted octanol–water partition coefficient (Wildman–Crippen LogP) is 2.98. The number of hydrogen-bond acceptors (Lipinski definition) is 3. The Balaban J connectivity index is 2.02. The summed E-state index contributed by atoms with van der Waals surface area (Å²) in [5.41, 5.74) is 0.757. The van der Waals surface area contributed by atoms with Crippen LogP contribution >= 0.6 is 0 Å². The molecule has 1 unspecified atom stereocenters. The summed E-state index contributed by atoms with van der Waals surface area (Å²) in [7, 11) is -5.69. The van der Waals surface area contributed by atoms with Gasteiger partial charge in [-0.2, -0.15) is 0 Å². The highest BCUT2D eigenvalue weighted by atomic mass is 32.2. The van der Waals surface area contributed by atoms with Gasteiger partial charge in [0, 0.05) is 0 Å². The molecule has 6 heteroatoms. The zero-order chi connectivity index (χ0) is 21.1. The van der Waals surface area contributed by atoms with E-state index in [1.54, 1.807) is 24.3 Å². The third-order valence-corrected chi connectivity index (χ3v) is 8.23. The lowest BCUT2D eigenvalue weighted by Gasteiger charge is -2.35. The van der Waals surface area contributed by atoms with Gasteiger partial charge in [-0.05, 0) is 33.5 Å². The quantitative estimate of drug-likeness (QED) is 0.617. The van der Waals surface area contributed by atoms with Crippen LogP contribution in [0.2, 0.25) is 0 Å². The van der Waals surface area contributed by atoms with Gasteiger partial charge in [0.1, 0.15) is 0 Å². The highest BCUT2D eigenvalue weighted by Gasteiger charge is 2.32. The second-order valence-electron chi connectivity index (χ2n) is 8.20. The van der Waals surface area contributed by atoms with Crippen LogP contribution in [0.1, 0.15) is 32.4 Å². The molecule has 0 radical (unpaired) electrons. The van der Waals surface area contributed by atoms with Gasteiger partial charge in [-0.15, -0.1) is 0 Å². The molecular weight excluding hydrogens is 398 g/mol. The Morgan fingerprint density at radius 3 is 1.62 bits per heavy atom. The average molecular weight is 426 g/mol. The second-order valence-corrected chi connectivity index (χ2v) is 12.1. The molecule has 0 heterocycles. The van der Waals surface area contributed by atoms with Gasteiger partial charge < -0.3 is 4.43 Å². The summed E-state index contributed by atoms with van der Waals surface area (Å²) < 4.78 is 30.1. The minimum atomic E-state index is -3.72. The van der Waals surface area contributed by atoms with E-state index < -0.39 is 19.1 Å². The van der Waals surface area contributed by atoms with E-state index in [2.05, 4.69) is 45.0 Å². The van der Waals surface area contributed by atoms with E-state index in [1.807, 2.05) is 36.4 Å². The molecule has 0 aliphatic heterocycles. The van der Waals surface area contributed by atoms with Crippen LogP contribution in [-0.4, -0.2) is 17.5 Å². The van der Waals surface area contributed by atoms with Gasteiger partial charge in [0.25, 0.3) is 0 Å². The van der Waals surface area contributed by atoms with Gasteiger partial charge in [0.05, 0.1) is 11.0 Å². The summed E-state index contributed by atoms with van der Waals surface area (Å²) in [6.45, 7) is 6.39. The first-order valence-electron chi connectivity index (χ1n) is 9.54. The largest absolute Gasteiger partial charge is 0.403 e. The van der Waals surface area contributed by atoms with Crippen LogP contribution in [0, 0.1) is 5.41 Å². The van der Waals surface area contributed by atoms with Crippen LogP contribution in [0.15, 0.2) is 89.8 Å². The molecule has 0 saturated carbocycles. The van der Waals surface area contributed by atoms with Crippen LogP contribution in [-0.2, 0) is 14.4 Å². The molecule has 152 valence electrons. The van der Waals surface area contributed by atoms with Crippen LogP contribution < -0.4 is 15.5 Å². The zero-order valence-corrected chi connectivity index (χ0v) is 18.9. The van der Waals surface area contributed by atoms with E-state index in [0.29, 0.717) is 0 Å². The molecule has 3 aromatic rings. The van der Waals surface area contributed by atoms with E-state index in [-0.39, 0.29) is 16.4 Å². The van der Waals surface area contributed by atoms with Crippen molar-refractivity contribution in [3.8, 4) is 0 Å². The standard InChI is InChI=1S/C23H27NO3SSi/c1-23(2,3)22(18-14-16-19(17-15-18)28(24,25)26)27-29(20-10-6-4-7-11-20)21-12-8-5-9-13-21/h4-17,22,29H,1-3H3,(H2,24,25,26). The molecule has 0 spiro atoms. The third kappa shape index (κ3) is 5.42. The van der Waals surface area contributed by atoms with Gasteiger partial charge in [-0.25, -0.2) is 13.6 Å². The van der Waals surface area contributed by atoms with E-state index >= 15 is 0 Å². The summed E-state index contributed by atoms with van der Waals surface area (Å²) >= 11 is 0. The summed E-state index contributed by atoms with van der Waals surface area (Å²) in [4.78, 5) is 0.105. The first kappa shape index (κ1) is 21.5. The molecule has 0 aromatic heterocycles. The Kier molecular flexibility index (Phi) is 6.38. The minimum Gasteiger partial charge on any atom is -0.403 e. The summed E-state index contributed by atoms with van der Waals surface area (Å²) in [6.07, 6.45) is -0.200. The minimum absolute atomic E-state index is 0.105.